The number of carbonyl (C=O) groups is 1. The average molecular weight is 260 g/mol. The Balaban J connectivity index is 1.89. The fourth-order valence-electron chi connectivity index (χ4n) is 2.60. The third-order valence-electron chi connectivity index (χ3n) is 3.90. The maximum atomic E-state index is 12.3. The number of nitrogens with one attached hydrogen (secondary N) is 1. The minimum absolute atomic E-state index is 0.00462. The lowest BCUT2D eigenvalue weighted by Gasteiger charge is -2.33. The molecule has 3 N–H and O–H groups in total. The van der Waals surface area contributed by atoms with Gasteiger partial charge in [-0.05, 0) is 37.8 Å². The molecule has 5 heteroatoms. The van der Waals surface area contributed by atoms with Crippen LogP contribution in [0.15, 0.2) is 18.3 Å². The summed E-state index contributed by atoms with van der Waals surface area (Å²) in [6, 6.07) is 6.04. The van der Waals surface area contributed by atoms with Crippen molar-refractivity contribution in [1.82, 2.24) is 9.88 Å². The first-order valence-corrected chi connectivity index (χ1v) is 6.61. The summed E-state index contributed by atoms with van der Waals surface area (Å²) in [6.45, 7) is 0.592. The lowest BCUT2D eigenvalue weighted by molar-refractivity contribution is -0.136. The highest BCUT2D eigenvalue weighted by Crippen LogP contribution is 2.31. The molecule has 1 aliphatic carbocycles. The molecule has 0 saturated heterocycles. The molecule has 0 aromatic carbocycles. The van der Waals surface area contributed by atoms with Crippen LogP contribution in [0, 0.1) is 17.2 Å². The van der Waals surface area contributed by atoms with E-state index in [1.54, 1.807) is 4.90 Å². The quantitative estimate of drug-likeness (QED) is 0.861. The van der Waals surface area contributed by atoms with Gasteiger partial charge in [0.2, 0.25) is 5.91 Å². The van der Waals surface area contributed by atoms with Gasteiger partial charge in [0.25, 0.3) is 0 Å². The van der Waals surface area contributed by atoms with Crippen molar-refractivity contribution in [1.29, 1.82) is 5.26 Å². The molecular formula is C14H20N4O. The number of aromatic amines is 1. The Kier molecular flexibility index (Phi) is 3.91. The average Bonchev–Trinajstić information content (AvgIpc) is 2.91. The number of nitriles is 1. The number of hydrogen-bond donors (Lipinski definition) is 2. The molecule has 19 heavy (non-hydrogen) atoms. The van der Waals surface area contributed by atoms with E-state index in [-0.39, 0.29) is 11.8 Å². The van der Waals surface area contributed by atoms with Crippen LogP contribution in [0.1, 0.15) is 31.4 Å². The van der Waals surface area contributed by atoms with Gasteiger partial charge in [-0.25, -0.2) is 0 Å². The van der Waals surface area contributed by atoms with Gasteiger partial charge in [0, 0.05) is 24.9 Å². The zero-order chi connectivity index (χ0) is 13.9. The molecule has 0 spiro atoms. The summed E-state index contributed by atoms with van der Waals surface area (Å²) in [5.41, 5.74) is 6.21. The fourth-order valence-corrected chi connectivity index (χ4v) is 2.60. The first-order valence-electron chi connectivity index (χ1n) is 6.61. The SMILES string of the molecule is CN(Cc1ccc[nH]1)C(=O)C1CCC(N)(C#N)CC1. The molecule has 0 atom stereocenters. The number of carbonyl (C=O) groups excluding carboxylic acids is 1. The van der Waals surface area contributed by atoms with Gasteiger partial charge >= 0.3 is 0 Å². The van der Waals surface area contributed by atoms with E-state index in [1.165, 1.54) is 0 Å². The van der Waals surface area contributed by atoms with E-state index >= 15 is 0 Å². The Morgan fingerprint density at radius 3 is 2.84 bits per heavy atom. The molecular weight excluding hydrogens is 240 g/mol. The van der Waals surface area contributed by atoms with Gasteiger partial charge in [-0.15, -0.1) is 0 Å². The molecule has 0 unspecified atom stereocenters. The lowest BCUT2D eigenvalue weighted by atomic mass is 9.77. The van der Waals surface area contributed by atoms with E-state index in [0.717, 1.165) is 5.69 Å². The van der Waals surface area contributed by atoms with Crippen LogP contribution in [-0.4, -0.2) is 28.4 Å². The lowest BCUT2D eigenvalue weighted by Crippen LogP contribution is -2.44. The predicted octanol–water partition coefficient (Wildman–Crippen LogP) is 1.38. The van der Waals surface area contributed by atoms with Crippen LogP contribution in [0.2, 0.25) is 0 Å². The molecule has 1 saturated carbocycles. The number of H-pyrrole nitrogens is 1. The van der Waals surface area contributed by atoms with Crippen molar-refractivity contribution < 1.29 is 4.79 Å². The number of nitrogens with zero attached hydrogens (tertiary/aromatic N) is 2. The highest BCUT2D eigenvalue weighted by Gasteiger charge is 2.35. The first kappa shape index (κ1) is 13.6. The molecule has 0 aliphatic heterocycles. The molecule has 102 valence electrons. The minimum Gasteiger partial charge on any atom is -0.364 e. The van der Waals surface area contributed by atoms with E-state index in [1.807, 2.05) is 25.4 Å². The Hall–Kier alpha value is -1.80. The summed E-state index contributed by atoms with van der Waals surface area (Å²) in [6.07, 6.45) is 4.48. The summed E-state index contributed by atoms with van der Waals surface area (Å²) in [4.78, 5) is 17.1. The number of hydrogen-bond acceptors (Lipinski definition) is 3. The van der Waals surface area contributed by atoms with Crippen LogP contribution in [0.5, 0.6) is 0 Å². The maximum absolute atomic E-state index is 12.3. The van der Waals surface area contributed by atoms with E-state index < -0.39 is 5.54 Å². The zero-order valence-corrected chi connectivity index (χ0v) is 11.2. The second-order valence-corrected chi connectivity index (χ2v) is 5.43. The van der Waals surface area contributed by atoms with Crippen LogP contribution >= 0.6 is 0 Å². The number of nitrogens with two attached hydrogens (primary N) is 1. The second-order valence-electron chi connectivity index (χ2n) is 5.43. The predicted molar refractivity (Wildman–Crippen MR) is 71.8 cm³/mol. The molecule has 1 aliphatic rings. The molecule has 0 radical (unpaired) electrons. The topological polar surface area (TPSA) is 85.9 Å². The van der Waals surface area contributed by atoms with E-state index in [9.17, 15) is 4.79 Å². The normalized spacial score (nSPS) is 26.7. The molecule has 5 nitrogen and oxygen atoms in total. The Labute approximate surface area is 113 Å². The smallest absolute Gasteiger partial charge is 0.225 e. The monoisotopic (exact) mass is 260 g/mol. The molecule has 1 heterocycles. The van der Waals surface area contributed by atoms with E-state index in [0.29, 0.717) is 32.2 Å². The van der Waals surface area contributed by atoms with Crippen molar-refractivity contribution in [2.45, 2.75) is 37.8 Å². The van der Waals surface area contributed by atoms with Crippen LogP contribution in [0.25, 0.3) is 0 Å². The summed E-state index contributed by atoms with van der Waals surface area (Å²) in [5, 5.41) is 8.98. The van der Waals surface area contributed by atoms with Crippen molar-refractivity contribution in [2.24, 2.45) is 11.7 Å². The van der Waals surface area contributed by atoms with E-state index in [2.05, 4.69) is 11.1 Å². The standard InChI is InChI=1S/C14H20N4O/c1-18(9-12-3-2-8-17-12)13(19)11-4-6-14(16,10-15)7-5-11/h2-3,8,11,17H,4-7,9,16H2,1H3. The molecule has 1 aromatic heterocycles. The minimum atomic E-state index is -0.727. The van der Waals surface area contributed by atoms with E-state index in [4.69, 9.17) is 11.0 Å². The highest BCUT2D eigenvalue weighted by atomic mass is 16.2. The van der Waals surface area contributed by atoms with Crippen molar-refractivity contribution >= 4 is 5.91 Å². The largest absolute Gasteiger partial charge is 0.364 e. The number of rotatable bonds is 3. The van der Waals surface area contributed by atoms with Gasteiger partial charge in [-0.1, -0.05) is 0 Å². The molecule has 1 fully saturated rings. The summed E-state index contributed by atoms with van der Waals surface area (Å²) in [5.74, 6) is 0.152. The van der Waals surface area contributed by atoms with Crippen molar-refractivity contribution in [3.63, 3.8) is 0 Å². The third-order valence-corrected chi connectivity index (χ3v) is 3.90. The van der Waals surface area contributed by atoms with Gasteiger partial charge < -0.3 is 15.6 Å². The van der Waals surface area contributed by atoms with Gasteiger partial charge in [0.05, 0.1) is 12.6 Å². The Morgan fingerprint density at radius 1 is 1.63 bits per heavy atom. The second kappa shape index (κ2) is 5.45. The number of amides is 1. The molecule has 2 rings (SSSR count). The maximum Gasteiger partial charge on any atom is 0.225 e. The number of aromatic nitrogens is 1. The fraction of sp³-hybridized carbons (Fsp3) is 0.571. The van der Waals surface area contributed by atoms with Crippen LogP contribution in [-0.2, 0) is 11.3 Å². The van der Waals surface area contributed by atoms with Gasteiger partial charge in [0.1, 0.15) is 5.54 Å². The first-order chi connectivity index (χ1) is 9.04. The van der Waals surface area contributed by atoms with Crippen LogP contribution in [0.4, 0.5) is 0 Å². The summed E-state index contributed by atoms with van der Waals surface area (Å²) in [7, 11) is 1.82. The van der Waals surface area contributed by atoms with Gasteiger partial charge in [-0.2, -0.15) is 5.26 Å². The Morgan fingerprint density at radius 2 is 2.32 bits per heavy atom. The molecule has 1 amide bonds. The Bertz CT molecular complexity index is 466. The zero-order valence-electron chi connectivity index (χ0n) is 11.2. The summed E-state index contributed by atoms with van der Waals surface area (Å²) >= 11 is 0. The van der Waals surface area contributed by atoms with Crippen LogP contribution < -0.4 is 5.73 Å². The van der Waals surface area contributed by atoms with Gasteiger partial charge in [-0.3, -0.25) is 4.79 Å². The van der Waals surface area contributed by atoms with Gasteiger partial charge in [0.15, 0.2) is 0 Å². The summed E-state index contributed by atoms with van der Waals surface area (Å²) < 4.78 is 0. The van der Waals surface area contributed by atoms with Crippen LogP contribution in [0.3, 0.4) is 0 Å². The van der Waals surface area contributed by atoms with Crippen molar-refractivity contribution in [2.75, 3.05) is 7.05 Å². The van der Waals surface area contributed by atoms with Crippen molar-refractivity contribution in [3.05, 3.63) is 24.0 Å². The molecule has 0 bridgehead atoms. The third kappa shape index (κ3) is 3.15. The molecule has 1 aromatic rings. The van der Waals surface area contributed by atoms with Crippen molar-refractivity contribution in [3.8, 4) is 6.07 Å². The highest BCUT2D eigenvalue weighted by molar-refractivity contribution is 5.78.